The number of rotatable bonds is 5. The van der Waals surface area contributed by atoms with Crippen molar-refractivity contribution in [3.63, 3.8) is 0 Å². The summed E-state index contributed by atoms with van der Waals surface area (Å²) < 4.78 is 0. The molecule has 1 aliphatic rings. The van der Waals surface area contributed by atoms with Crippen LogP contribution in [0.4, 0.5) is 0 Å². The predicted molar refractivity (Wildman–Crippen MR) is 55.9 cm³/mol. The molecule has 1 rings (SSSR count). The summed E-state index contributed by atoms with van der Waals surface area (Å²) >= 11 is 0. The van der Waals surface area contributed by atoms with Gasteiger partial charge in [0.05, 0.1) is 6.61 Å². The molecule has 0 aromatic heterocycles. The average molecular weight is 199 g/mol. The quantitative estimate of drug-likeness (QED) is 0.704. The second-order valence-electron chi connectivity index (χ2n) is 4.34. The lowest BCUT2D eigenvalue weighted by atomic mass is 10.0. The Balaban J connectivity index is 2.08. The molecular formula is C11H21NO2. The second kappa shape index (κ2) is 6.02. The minimum atomic E-state index is -0.105. The number of nitrogens with one attached hydrogen (secondary N) is 1. The van der Waals surface area contributed by atoms with E-state index in [0.717, 1.165) is 12.3 Å². The Bertz CT molecular complexity index is 176. The maximum Gasteiger partial charge on any atom is 0.220 e. The van der Waals surface area contributed by atoms with Crippen molar-refractivity contribution in [3.8, 4) is 0 Å². The van der Waals surface area contributed by atoms with E-state index in [1.807, 2.05) is 6.92 Å². The van der Waals surface area contributed by atoms with Gasteiger partial charge in [-0.05, 0) is 19.3 Å². The molecule has 14 heavy (non-hydrogen) atoms. The summed E-state index contributed by atoms with van der Waals surface area (Å²) in [7, 11) is 0. The topological polar surface area (TPSA) is 49.3 Å². The number of aliphatic hydroxyl groups excluding tert-OH is 1. The molecule has 1 fully saturated rings. The summed E-state index contributed by atoms with van der Waals surface area (Å²) in [5.74, 6) is 0.851. The van der Waals surface area contributed by atoms with Crippen LogP contribution in [0.25, 0.3) is 0 Å². The van der Waals surface area contributed by atoms with Gasteiger partial charge in [-0.1, -0.05) is 25.7 Å². The van der Waals surface area contributed by atoms with Crippen LogP contribution in [0, 0.1) is 5.92 Å². The van der Waals surface area contributed by atoms with E-state index < -0.39 is 0 Å². The van der Waals surface area contributed by atoms with Crippen molar-refractivity contribution < 1.29 is 9.90 Å². The van der Waals surface area contributed by atoms with Gasteiger partial charge in [-0.2, -0.15) is 0 Å². The van der Waals surface area contributed by atoms with Crippen molar-refractivity contribution in [2.75, 3.05) is 6.61 Å². The van der Waals surface area contributed by atoms with Crippen LogP contribution in [0.2, 0.25) is 0 Å². The van der Waals surface area contributed by atoms with E-state index in [0.29, 0.717) is 6.42 Å². The van der Waals surface area contributed by atoms with Crippen molar-refractivity contribution in [3.05, 3.63) is 0 Å². The predicted octanol–water partition coefficient (Wildman–Crippen LogP) is 1.45. The highest BCUT2D eigenvalue weighted by molar-refractivity contribution is 5.76. The summed E-state index contributed by atoms with van der Waals surface area (Å²) in [6.07, 6.45) is 6.89. The molecule has 0 spiro atoms. The third kappa shape index (κ3) is 4.09. The Morgan fingerprint density at radius 2 is 2.14 bits per heavy atom. The zero-order valence-corrected chi connectivity index (χ0v) is 8.96. The van der Waals surface area contributed by atoms with Crippen LogP contribution in [0.5, 0.6) is 0 Å². The third-order valence-electron chi connectivity index (χ3n) is 2.94. The van der Waals surface area contributed by atoms with Gasteiger partial charge < -0.3 is 10.4 Å². The van der Waals surface area contributed by atoms with Gasteiger partial charge in [-0.3, -0.25) is 4.79 Å². The smallest absolute Gasteiger partial charge is 0.220 e. The zero-order valence-electron chi connectivity index (χ0n) is 8.96. The molecule has 0 heterocycles. The molecule has 2 N–H and O–H groups in total. The SMILES string of the molecule is CC(CO)NC(=O)CCC1CCCC1. The molecule has 0 aliphatic heterocycles. The fourth-order valence-corrected chi connectivity index (χ4v) is 2.03. The van der Waals surface area contributed by atoms with E-state index in [-0.39, 0.29) is 18.6 Å². The molecule has 0 radical (unpaired) electrons. The number of carbonyl (C=O) groups is 1. The monoisotopic (exact) mass is 199 g/mol. The summed E-state index contributed by atoms with van der Waals surface area (Å²) in [5, 5.41) is 11.5. The number of hydrogen-bond acceptors (Lipinski definition) is 2. The van der Waals surface area contributed by atoms with Gasteiger partial charge in [-0.15, -0.1) is 0 Å². The van der Waals surface area contributed by atoms with E-state index in [2.05, 4.69) is 5.32 Å². The van der Waals surface area contributed by atoms with Gasteiger partial charge in [0.1, 0.15) is 0 Å². The largest absolute Gasteiger partial charge is 0.394 e. The number of carbonyl (C=O) groups excluding carboxylic acids is 1. The first-order chi connectivity index (χ1) is 6.72. The van der Waals surface area contributed by atoms with Crippen LogP contribution in [-0.4, -0.2) is 23.7 Å². The zero-order chi connectivity index (χ0) is 10.4. The Kier molecular flexibility index (Phi) is 4.94. The number of amides is 1. The molecule has 1 atom stereocenters. The summed E-state index contributed by atoms with van der Waals surface area (Å²) in [5.41, 5.74) is 0. The highest BCUT2D eigenvalue weighted by atomic mass is 16.3. The molecule has 0 saturated heterocycles. The molecule has 0 aromatic carbocycles. The van der Waals surface area contributed by atoms with Crippen LogP contribution >= 0.6 is 0 Å². The normalized spacial score (nSPS) is 19.6. The fraction of sp³-hybridized carbons (Fsp3) is 0.909. The minimum absolute atomic E-state index is 0.0230. The summed E-state index contributed by atoms with van der Waals surface area (Å²) in [4.78, 5) is 11.3. The van der Waals surface area contributed by atoms with Crippen molar-refractivity contribution in [2.24, 2.45) is 5.92 Å². The summed E-state index contributed by atoms with van der Waals surface area (Å²) in [6, 6.07) is -0.105. The van der Waals surface area contributed by atoms with E-state index in [4.69, 9.17) is 5.11 Å². The van der Waals surface area contributed by atoms with E-state index in [1.54, 1.807) is 0 Å². The number of hydrogen-bond donors (Lipinski definition) is 2. The molecule has 0 bridgehead atoms. The Labute approximate surface area is 85.9 Å². The maximum absolute atomic E-state index is 11.3. The van der Waals surface area contributed by atoms with Crippen LogP contribution in [-0.2, 0) is 4.79 Å². The Morgan fingerprint density at radius 3 is 2.71 bits per heavy atom. The molecule has 82 valence electrons. The fourth-order valence-electron chi connectivity index (χ4n) is 2.03. The van der Waals surface area contributed by atoms with Gasteiger partial charge in [0.25, 0.3) is 0 Å². The first-order valence-corrected chi connectivity index (χ1v) is 5.62. The van der Waals surface area contributed by atoms with Gasteiger partial charge in [0, 0.05) is 12.5 Å². The molecule has 3 nitrogen and oxygen atoms in total. The lowest BCUT2D eigenvalue weighted by Crippen LogP contribution is -2.35. The molecule has 0 aromatic rings. The molecule has 1 saturated carbocycles. The maximum atomic E-state index is 11.3. The lowest BCUT2D eigenvalue weighted by Gasteiger charge is -2.12. The average Bonchev–Trinajstić information content (AvgIpc) is 2.67. The molecule has 1 amide bonds. The van der Waals surface area contributed by atoms with Crippen molar-refractivity contribution >= 4 is 5.91 Å². The Hall–Kier alpha value is -0.570. The van der Waals surface area contributed by atoms with Crippen molar-refractivity contribution in [2.45, 2.75) is 51.5 Å². The summed E-state index contributed by atoms with van der Waals surface area (Å²) in [6.45, 7) is 1.84. The second-order valence-corrected chi connectivity index (χ2v) is 4.34. The minimum Gasteiger partial charge on any atom is -0.394 e. The first-order valence-electron chi connectivity index (χ1n) is 5.62. The van der Waals surface area contributed by atoms with E-state index in [1.165, 1.54) is 25.7 Å². The highest BCUT2D eigenvalue weighted by Gasteiger charge is 2.16. The van der Waals surface area contributed by atoms with Crippen LogP contribution in [0.15, 0.2) is 0 Å². The third-order valence-corrected chi connectivity index (χ3v) is 2.94. The molecular weight excluding hydrogens is 178 g/mol. The number of aliphatic hydroxyl groups is 1. The van der Waals surface area contributed by atoms with E-state index >= 15 is 0 Å². The lowest BCUT2D eigenvalue weighted by molar-refractivity contribution is -0.122. The van der Waals surface area contributed by atoms with E-state index in [9.17, 15) is 4.79 Å². The molecule has 3 heteroatoms. The van der Waals surface area contributed by atoms with Crippen LogP contribution in [0.3, 0.4) is 0 Å². The van der Waals surface area contributed by atoms with Crippen LogP contribution < -0.4 is 5.32 Å². The molecule has 1 unspecified atom stereocenters. The van der Waals surface area contributed by atoms with Gasteiger partial charge in [0.2, 0.25) is 5.91 Å². The van der Waals surface area contributed by atoms with Crippen LogP contribution in [0.1, 0.15) is 45.4 Å². The van der Waals surface area contributed by atoms with Crippen molar-refractivity contribution in [1.29, 1.82) is 0 Å². The Morgan fingerprint density at radius 1 is 1.50 bits per heavy atom. The highest BCUT2D eigenvalue weighted by Crippen LogP contribution is 2.28. The van der Waals surface area contributed by atoms with Gasteiger partial charge >= 0.3 is 0 Å². The van der Waals surface area contributed by atoms with Gasteiger partial charge in [0.15, 0.2) is 0 Å². The van der Waals surface area contributed by atoms with Crippen molar-refractivity contribution in [1.82, 2.24) is 5.32 Å². The first kappa shape index (κ1) is 11.5. The molecule has 1 aliphatic carbocycles. The standard InChI is InChI=1S/C11H21NO2/c1-9(8-13)12-11(14)7-6-10-4-2-3-5-10/h9-10,13H,2-8H2,1H3,(H,12,14). The van der Waals surface area contributed by atoms with Gasteiger partial charge in [-0.25, -0.2) is 0 Å².